The van der Waals surface area contributed by atoms with Gasteiger partial charge in [0.2, 0.25) is 0 Å². The SMILES string of the molecule is c1ccc2c(-c3ncncn3)[nH]cc2c1. The second kappa shape index (κ2) is 3.16. The van der Waals surface area contributed by atoms with E-state index < -0.39 is 0 Å². The number of benzene rings is 1. The van der Waals surface area contributed by atoms with Gasteiger partial charge in [0.1, 0.15) is 12.7 Å². The number of nitrogens with one attached hydrogen (secondary N) is 1. The minimum atomic E-state index is 0.672. The zero-order chi connectivity index (χ0) is 10.1. The molecule has 0 saturated heterocycles. The highest BCUT2D eigenvalue weighted by molar-refractivity contribution is 5.93. The van der Waals surface area contributed by atoms with E-state index in [2.05, 4.69) is 26.0 Å². The molecule has 0 amide bonds. The second-order valence-corrected chi connectivity index (χ2v) is 3.21. The van der Waals surface area contributed by atoms with E-state index in [9.17, 15) is 0 Å². The van der Waals surface area contributed by atoms with Crippen LogP contribution in [0.1, 0.15) is 0 Å². The van der Waals surface area contributed by atoms with Gasteiger partial charge in [-0.3, -0.25) is 0 Å². The van der Waals surface area contributed by atoms with Gasteiger partial charge >= 0.3 is 0 Å². The normalized spacial score (nSPS) is 10.7. The van der Waals surface area contributed by atoms with Crippen LogP contribution in [0, 0.1) is 0 Å². The fourth-order valence-corrected chi connectivity index (χ4v) is 1.63. The van der Waals surface area contributed by atoms with Crippen LogP contribution < -0.4 is 0 Å². The van der Waals surface area contributed by atoms with Crippen molar-refractivity contribution in [2.75, 3.05) is 0 Å². The van der Waals surface area contributed by atoms with Crippen LogP contribution in [0.3, 0.4) is 0 Å². The molecule has 1 aromatic carbocycles. The van der Waals surface area contributed by atoms with E-state index in [4.69, 9.17) is 0 Å². The van der Waals surface area contributed by atoms with Gasteiger partial charge in [-0.2, -0.15) is 0 Å². The van der Waals surface area contributed by atoms with Crippen molar-refractivity contribution >= 4 is 10.8 Å². The summed E-state index contributed by atoms with van der Waals surface area (Å²) in [6.07, 6.45) is 4.95. The maximum Gasteiger partial charge on any atom is 0.179 e. The average molecular weight is 196 g/mol. The Bertz CT molecular complexity index is 586. The van der Waals surface area contributed by atoms with Crippen LogP contribution in [0.5, 0.6) is 0 Å². The van der Waals surface area contributed by atoms with Crippen molar-refractivity contribution in [2.45, 2.75) is 0 Å². The van der Waals surface area contributed by atoms with Crippen LogP contribution in [0.25, 0.3) is 22.3 Å². The monoisotopic (exact) mass is 196 g/mol. The Hall–Kier alpha value is -2.23. The highest BCUT2D eigenvalue weighted by atomic mass is 15.0. The smallest absolute Gasteiger partial charge is 0.179 e. The van der Waals surface area contributed by atoms with Gasteiger partial charge < -0.3 is 4.98 Å². The largest absolute Gasteiger partial charge is 0.358 e. The molecule has 72 valence electrons. The zero-order valence-corrected chi connectivity index (χ0v) is 7.88. The number of aromatic nitrogens is 4. The van der Waals surface area contributed by atoms with Crippen LogP contribution in [-0.2, 0) is 0 Å². The quantitative estimate of drug-likeness (QED) is 0.647. The fourth-order valence-electron chi connectivity index (χ4n) is 1.63. The summed E-state index contributed by atoms with van der Waals surface area (Å²) < 4.78 is 0. The van der Waals surface area contributed by atoms with E-state index in [0.717, 1.165) is 16.5 Å². The molecule has 0 bridgehead atoms. The van der Waals surface area contributed by atoms with E-state index in [1.54, 1.807) is 0 Å². The third-order valence-electron chi connectivity index (χ3n) is 2.32. The summed E-state index contributed by atoms with van der Waals surface area (Å²) >= 11 is 0. The number of fused-ring (bicyclic) bond motifs is 1. The molecule has 2 heterocycles. The maximum atomic E-state index is 4.12. The van der Waals surface area contributed by atoms with Crippen molar-refractivity contribution in [3.63, 3.8) is 0 Å². The summed E-state index contributed by atoms with van der Waals surface area (Å²) in [6.45, 7) is 0. The van der Waals surface area contributed by atoms with E-state index in [1.807, 2.05) is 24.4 Å². The molecule has 2 aromatic heterocycles. The summed E-state index contributed by atoms with van der Waals surface area (Å²) in [7, 11) is 0. The Morgan fingerprint density at radius 1 is 1.00 bits per heavy atom. The first kappa shape index (κ1) is 8.11. The number of rotatable bonds is 1. The van der Waals surface area contributed by atoms with E-state index >= 15 is 0 Å². The molecule has 0 atom stereocenters. The first-order valence-corrected chi connectivity index (χ1v) is 4.63. The Labute approximate surface area is 86.0 Å². The predicted octanol–water partition coefficient (Wildman–Crippen LogP) is 2.02. The van der Waals surface area contributed by atoms with Gasteiger partial charge in [-0.05, 0) is 5.39 Å². The maximum absolute atomic E-state index is 4.12. The molecule has 0 aliphatic heterocycles. The lowest BCUT2D eigenvalue weighted by Crippen LogP contribution is -1.88. The topological polar surface area (TPSA) is 54.5 Å². The molecule has 0 aliphatic carbocycles. The standard InChI is InChI=1S/C11H8N4/c1-2-4-9-8(3-1)5-13-10(9)11-14-6-12-7-15-11/h1-7,13H. The minimum absolute atomic E-state index is 0.672. The molecule has 3 aromatic rings. The lowest BCUT2D eigenvalue weighted by Gasteiger charge is -1.95. The highest BCUT2D eigenvalue weighted by Crippen LogP contribution is 2.24. The molecule has 0 fully saturated rings. The molecule has 0 aliphatic rings. The summed E-state index contributed by atoms with van der Waals surface area (Å²) in [6, 6.07) is 8.11. The third kappa shape index (κ3) is 1.27. The van der Waals surface area contributed by atoms with Crippen LogP contribution in [0.4, 0.5) is 0 Å². The van der Waals surface area contributed by atoms with Gasteiger partial charge in [-0.1, -0.05) is 24.3 Å². The Balaban J connectivity index is 2.28. The number of hydrogen-bond donors (Lipinski definition) is 1. The van der Waals surface area contributed by atoms with Gasteiger partial charge in [-0.15, -0.1) is 0 Å². The van der Waals surface area contributed by atoms with E-state index in [1.165, 1.54) is 12.7 Å². The first-order chi connectivity index (χ1) is 7.45. The number of nitrogens with zero attached hydrogens (tertiary/aromatic N) is 3. The van der Waals surface area contributed by atoms with Gasteiger partial charge in [0.05, 0.1) is 5.69 Å². The molecule has 15 heavy (non-hydrogen) atoms. The molecule has 0 spiro atoms. The fraction of sp³-hybridized carbons (Fsp3) is 0. The Morgan fingerprint density at radius 2 is 1.80 bits per heavy atom. The first-order valence-electron chi connectivity index (χ1n) is 4.63. The minimum Gasteiger partial charge on any atom is -0.358 e. The Kier molecular flexibility index (Phi) is 1.71. The molecule has 3 rings (SSSR count). The van der Waals surface area contributed by atoms with E-state index in [0.29, 0.717) is 5.82 Å². The van der Waals surface area contributed by atoms with Crippen molar-refractivity contribution in [3.8, 4) is 11.5 Å². The average Bonchev–Trinajstić information content (AvgIpc) is 2.74. The van der Waals surface area contributed by atoms with Crippen molar-refractivity contribution in [1.29, 1.82) is 0 Å². The van der Waals surface area contributed by atoms with Gasteiger partial charge in [0.25, 0.3) is 0 Å². The number of hydrogen-bond acceptors (Lipinski definition) is 3. The van der Waals surface area contributed by atoms with Crippen molar-refractivity contribution in [1.82, 2.24) is 19.9 Å². The zero-order valence-electron chi connectivity index (χ0n) is 7.88. The molecule has 4 heteroatoms. The van der Waals surface area contributed by atoms with Crippen LogP contribution in [-0.4, -0.2) is 19.9 Å². The summed E-state index contributed by atoms with van der Waals surface area (Å²) in [5.41, 5.74) is 0.938. The summed E-state index contributed by atoms with van der Waals surface area (Å²) in [5, 5.41) is 2.29. The van der Waals surface area contributed by atoms with Crippen LogP contribution in [0.2, 0.25) is 0 Å². The lowest BCUT2D eigenvalue weighted by molar-refractivity contribution is 1.05. The van der Waals surface area contributed by atoms with Crippen molar-refractivity contribution < 1.29 is 0 Å². The molecule has 1 N–H and O–H groups in total. The molecule has 4 nitrogen and oxygen atoms in total. The third-order valence-corrected chi connectivity index (χ3v) is 2.32. The molecular weight excluding hydrogens is 188 g/mol. The number of H-pyrrole nitrogens is 1. The number of aromatic amines is 1. The predicted molar refractivity (Wildman–Crippen MR) is 57.1 cm³/mol. The van der Waals surface area contributed by atoms with Crippen molar-refractivity contribution in [2.24, 2.45) is 0 Å². The molecular formula is C11H8N4. The summed E-state index contributed by atoms with van der Waals surface area (Å²) in [4.78, 5) is 15.2. The Morgan fingerprint density at radius 3 is 2.67 bits per heavy atom. The highest BCUT2D eigenvalue weighted by Gasteiger charge is 2.06. The molecule has 0 radical (unpaired) electrons. The van der Waals surface area contributed by atoms with Gasteiger partial charge in [-0.25, -0.2) is 15.0 Å². The molecule has 0 saturated carbocycles. The van der Waals surface area contributed by atoms with Crippen molar-refractivity contribution in [3.05, 3.63) is 43.1 Å². The van der Waals surface area contributed by atoms with Crippen LogP contribution >= 0.6 is 0 Å². The summed E-state index contributed by atoms with van der Waals surface area (Å²) in [5.74, 6) is 0.672. The van der Waals surface area contributed by atoms with E-state index in [-0.39, 0.29) is 0 Å². The lowest BCUT2D eigenvalue weighted by atomic mass is 10.2. The van der Waals surface area contributed by atoms with Gasteiger partial charge in [0, 0.05) is 11.6 Å². The molecule has 0 unspecified atom stereocenters. The van der Waals surface area contributed by atoms with Gasteiger partial charge in [0.15, 0.2) is 5.82 Å². The second-order valence-electron chi connectivity index (χ2n) is 3.21. The van der Waals surface area contributed by atoms with Crippen LogP contribution in [0.15, 0.2) is 43.1 Å².